The van der Waals surface area contributed by atoms with E-state index in [9.17, 15) is 4.79 Å². The summed E-state index contributed by atoms with van der Waals surface area (Å²) in [6.45, 7) is 3.28. The Kier molecular flexibility index (Phi) is 3.98. The number of likely N-dealkylation sites (N-methyl/N-ethyl adjacent to an activating group) is 2. The van der Waals surface area contributed by atoms with Crippen molar-refractivity contribution in [2.45, 2.75) is 38.1 Å². The fraction of sp³-hybridized carbons (Fsp3) is 0.923. The Morgan fingerprint density at radius 3 is 2.56 bits per heavy atom. The maximum atomic E-state index is 12.1. The van der Waals surface area contributed by atoms with Crippen LogP contribution in [0, 0.1) is 5.92 Å². The Bertz CT molecular complexity index is 248. The zero-order chi connectivity index (χ0) is 11.5. The molecule has 0 N–H and O–H groups in total. The molecule has 1 aliphatic heterocycles. The molecule has 0 aromatic rings. The molecule has 0 bridgehead atoms. The largest absolute Gasteiger partial charge is 0.304 e. The van der Waals surface area contributed by atoms with E-state index in [4.69, 9.17) is 0 Å². The van der Waals surface area contributed by atoms with Crippen molar-refractivity contribution in [3.8, 4) is 0 Å². The SMILES string of the molecule is CN1CCN(C)C(CC(=O)C2CCCC2)C1. The molecule has 2 fully saturated rings. The van der Waals surface area contributed by atoms with Crippen LogP contribution in [0.1, 0.15) is 32.1 Å². The molecule has 1 aliphatic carbocycles. The van der Waals surface area contributed by atoms with Gasteiger partial charge in [0.1, 0.15) is 5.78 Å². The standard InChI is InChI=1S/C13H24N2O/c1-14-7-8-15(2)12(10-14)9-13(16)11-5-3-4-6-11/h11-12H,3-10H2,1-2H3. The Hall–Kier alpha value is -0.410. The zero-order valence-corrected chi connectivity index (χ0v) is 10.6. The van der Waals surface area contributed by atoms with Crippen molar-refractivity contribution in [3.05, 3.63) is 0 Å². The molecule has 0 spiro atoms. The van der Waals surface area contributed by atoms with Gasteiger partial charge in [0, 0.05) is 38.0 Å². The molecule has 92 valence electrons. The molecule has 3 heteroatoms. The van der Waals surface area contributed by atoms with Crippen LogP contribution in [-0.4, -0.2) is 55.4 Å². The van der Waals surface area contributed by atoms with E-state index in [-0.39, 0.29) is 0 Å². The number of hydrogen-bond acceptors (Lipinski definition) is 3. The monoisotopic (exact) mass is 224 g/mol. The highest BCUT2D eigenvalue weighted by Gasteiger charge is 2.29. The summed E-state index contributed by atoms with van der Waals surface area (Å²) in [5.41, 5.74) is 0. The average Bonchev–Trinajstić information content (AvgIpc) is 2.76. The maximum absolute atomic E-state index is 12.1. The van der Waals surface area contributed by atoms with Crippen LogP contribution in [0.2, 0.25) is 0 Å². The summed E-state index contributed by atoms with van der Waals surface area (Å²) in [7, 11) is 4.31. The van der Waals surface area contributed by atoms with E-state index in [1.807, 2.05) is 0 Å². The van der Waals surface area contributed by atoms with Crippen LogP contribution < -0.4 is 0 Å². The number of carbonyl (C=O) groups is 1. The number of Topliss-reactive ketones (excluding diaryl/α,β-unsaturated/α-hetero) is 1. The van der Waals surface area contributed by atoms with Gasteiger partial charge in [0.25, 0.3) is 0 Å². The first-order valence-electron chi connectivity index (χ1n) is 6.58. The summed E-state index contributed by atoms with van der Waals surface area (Å²) < 4.78 is 0. The van der Waals surface area contributed by atoms with Crippen LogP contribution >= 0.6 is 0 Å². The molecule has 1 saturated heterocycles. The molecule has 0 aromatic carbocycles. The highest BCUT2D eigenvalue weighted by molar-refractivity contribution is 5.81. The molecule has 2 rings (SSSR count). The third-order valence-electron chi connectivity index (χ3n) is 4.23. The second-order valence-corrected chi connectivity index (χ2v) is 5.55. The second-order valence-electron chi connectivity index (χ2n) is 5.55. The van der Waals surface area contributed by atoms with Crippen LogP contribution in [-0.2, 0) is 4.79 Å². The summed E-state index contributed by atoms with van der Waals surface area (Å²) in [6, 6.07) is 0.451. The molecule has 1 heterocycles. The first-order valence-corrected chi connectivity index (χ1v) is 6.58. The van der Waals surface area contributed by atoms with Crippen molar-refractivity contribution in [2.24, 2.45) is 5.92 Å². The molecule has 1 unspecified atom stereocenters. The second kappa shape index (κ2) is 5.28. The lowest BCUT2D eigenvalue weighted by Gasteiger charge is -2.37. The fourth-order valence-electron chi connectivity index (χ4n) is 2.97. The molecule has 0 radical (unpaired) electrons. The van der Waals surface area contributed by atoms with Gasteiger partial charge in [-0.3, -0.25) is 4.79 Å². The molecule has 3 nitrogen and oxygen atoms in total. The van der Waals surface area contributed by atoms with Gasteiger partial charge in [0.05, 0.1) is 0 Å². The lowest BCUT2D eigenvalue weighted by molar-refractivity contribution is -0.124. The predicted octanol–water partition coefficient (Wildman–Crippen LogP) is 1.38. The van der Waals surface area contributed by atoms with Gasteiger partial charge in [0.2, 0.25) is 0 Å². The van der Waals surface area contributed by atoms with Crippen molar-refractivity contribution in [3.63, 3.8) is 0 Å². The quantitative estimate of drug-likeness (QED) is 0.723. The summed E-state index contributed by atoms with van der Waals surface area (Å²) >= 11 is 0. The lowest BCUT2D eigenvalue weighted by Crippen LogP contribution is -2.50. The highest BCUT2D eigenvalue weighted by Crippen LogP contribution is 2.27. The number of hydrogen-bond donors (Lipinski definition) is 0. The topological polar surface area (TPSA) is 23.6 Å². The number of piperazine rings is 1. The summed E-state index contributed by atoms with van der Waals surface area (Å²) in [5.74, 6) is 0.908. The Morgan fingerprint density at radius 2 is 1.88 bits per heavy atom. The van der Waals surface area contributed by atoms with Gasteiger partial charge in [-0.15, -0.1) is 0 Å². The molecule has 1 saturated carbocycles. The Balaban J connectivity index is 1.84. The van der Waals surface area contributed by atoms with Gasteiger partial charge in [-0.1, -0.05) is 12.8 Å². The normalized spacial score (nSPS) is 29.8. The van der Waals surface area contributed by atoms with Crippen molar-refractivity contribution < 1.29 is 4.79 Å². The van der Waals surface area contributed by atoms with E-state index in [1.54, 1.807) is 0 Å². The number of rotatable bonds is 3. The van der Waals surface area contributed by atoms with Crippen molar-refractivity contribution in [1.29, 1.82) is 0 Å². The van der Waals surface area contributed by atoms with E-state index in [2.05, 4.69) is 23.9 Å². The van der Waals surface area contributed by atoms with Gasteiger partial charge in [0.15, 0.2) is 0 Å². The smallest absolute Gasteiger partial charge is 0.137 e. The number of ketones is 1. The van der Waals surface area contributed by atoms with Crippen LogP contribution in [0.25, 0.3) is 0 Å². The van der Waals surface area contributed by atoms with Gasteiger partial charge < -0.3 is 9.80 Å². The predicted molar refractivity (Wildman–Crippen MR) is 65.5 cm³/mol. The van der Waals surface area contributed by atoms with Crippen molar-refractivity contribution in [1.82, 2.24) is 9.80 Å². The zero-order valence-electron chi connectivity index (χ0n) is 10.6. The van der Waals surface area contributed by atoms with E-state index >= 15 is 0 Å². The third-order valence-corrected chi connectivity index (χ3v) is 4.23. The van der Waals surface area contributed by atoms with E-state index < -0.39 is 0 Å². The minimum absolute atomic E-state index is 0.389. The minimum atomic E-state index is 0.389. The lowest BCUT2D eigenvalue weighted by atomic mass is 9.95. The summed E-state index contributed by atoms with van der Waals surface area (Å²) in [4.78, 5) is 16.8. The van der Waals surface area contributed by atoms with Gasteiger partial charge in [-0.2, -0.15) is 0 Å². The van der Waals surface area contributed by atoms with Crippen LogP contribution in [0.4, 0.5) is 0 Å². The van der Waals surface area contributed by atoms with E-state index in [0.29, 0.717) is 17.7 Å². The molecular formula is C13H24N2O. The highest BCUT2D eigenvalue weighted by atomic mass is 16.1. The first kappa shape index (κ1) is 12.1. The Morgan fingerprint density at radius 1 is 1.19 bits per heavy atom. The van der Waals surface area contributed by atoms with Gasteiger partial charge in [-0.25, -0.2) is 0 Å². The van der Waals surface area contributed by atoms with Gasteiger partial charge in [-0.05, 0) is 26.9 Å². The molecule has 2 aliphatic rings. The van der Waals surface area contributed by atoms with Gasteiger partial charge >= 0.3 is 0 Å². The first-order chi connectivity index (χ1) is 7.66. The van der Waals surface area contributed by atoms with Crippen LogP contribution in [0.15, 0.2) is 0 Å². The molecule has 0 aromatic heterocycles. The number of carbonyl (C=O) groups excluding carboxylic acids is 1. The minimum Gasteiger partial charge on any atom is -0.304 e. The van der Waals surface area contributed by atoms with E-state index in [0.717, 1.165) is 38.9 Å². The molecular weight excluding hydrogens is 200 g/mol. The fourth-order valence-corrected chi connectivity index (χ4v) is 2.97. The van der Waals surface area contributed by atoms with Crippen LogP contribution in [0.5, 0.6) is 0 Å². The molecule has 1 atom stereocenters. The summed E-state index contributed by atoms with van der Waals surface area (Å²) in [6.07, 6.45) is 5.58. The number of nitrogens with zero attached hydrogens (tertiary/aromatic N) is 2. The third kappa shape index (κ3) is 2.83. The van der Waals surface area contributed by atoms with Crippen molar-refractivity contribution in [2.75, 3.05) is 33.7 Å². The summed E-state index contributed by atoms with van der Waals surface area (Å²) in [5, 5.41) is 0. The molecule has 0 amide bonds. The van der Waals surface area contributed by atoms with Crippen molar-refractivity contribution >= 4 is 5.78 Å². The molecule has 16 heavy (non-hydrogen) atoms. The van der Waals surface area contributed by atoms with E-state index in [1.165, 1.54) is 12.8 Å². The van der Waals surface area contributed by atoms with Crippen LogP contribution in [0.3, 0.4) is 0 Å². The maximum Gasteiger partial charge on any atom is 0.137 e. The Labute approximate surface area is 98.8 Å². The average molecular weight is 224 g/mol.